The van der Waals surface area contributed by atoms with Gasteiger partial charge in [0.25, 0.3) is 0 Å². The minimum Gasteiger partial charge on any atom is -0.478 e. The monoisotopic (exact) mass is 336 g/mol. The van der Waals surface area contributed by atoms with Gasteiger partial charge < -0.3 is 10.0 Å². The molecule has 106 valence electrons. The van der Waals surface area contributed by atoms with Crippen LogP contribution in [0.4, 0.5) is 5.69 Å². The molecule has 4 nitrogen and oxygen atoms in total. The van der Waals surface area contributed by atoms with E-state index in [-0.39, 0.29) is 5.92 Å². The molecule has 0 amide bonds. The first-order chi connectivity index (χ1) is 9.47. The molecule has 1 aromatic rings. The normalized spacial score (nSPS) is 12.1. The molecule has 1 atom stereocenters. The highest BCUT2D eigenvalue weighted by Gasteiger charge is 2.12. The zero-order valence-corrected chi connectivity index (χ0v) is 13.1. The van der Waals surface area contributed by atoms with Crippen LogP contribution >= 0.6 is 15.9 Å². The minimum atomic E-state index is -0.969. The second kappa shape index (κ2) is 7.71. The molecule has 5 heteroatoms. The number of nitriles is 1. The molecule has 0 bridgehead atoms. The van der Waals surface area contributed by atoms with Crippen LogP contribution in [-0.2, 0) is 4.79 Å². The first kappa shape index (κ1) is 16.3. The van der Waals surface area contributed by atoms with Crippen LogP contribution in [0.3, 0.4) is 0 Å². The van der Waals surface area contributed by atoms with E-state index in [1.54, 1.807) is 6.08 Å². The molecule has 0 aliphatic rings. The van der Waals surface area contributed by atoms with E-state index in [0.29, 0.717) is 6.54 Å². The van der Waals surface area contributed by atoms with Crippen molar-refractivity contribution >= 4 is 33.7 Å². The Morgan fingerprint density at radius 1 is 1.60 bits per heavy atom. The molecule has 1 unspecified atom stereocenters. The summed E-state index contributed by atoms with van der Waals surface area (Å²) >= 11 is 3.50. The number of carboxylic acid groups (broad SMARTS) is 1. The van der Waals surface area contributed by atoms with Crippen molar-refractivity contribution in [3.05, 3.63) is 34.3 Å². The molecule has 0 spiro atoms. The Bertz CT molecular complexity index is 549. The van der Waals surface area contributed by atoms with Crippen LogP contribution in [0, 0.1) is 17.2 Å². The lowest BCUT2D eigenvalue weighted by Crippen LogP contribution is -2.28. The maximum atomic E-state index is 10.5. The van der Waals surface area contributed by atoms with Crippen LogP contribution in [0.5, 0.6) is 0 Å². The number of nitrogens with zero attached hydrogens (tertiary/aromatic N) is 2. The Kier molecular flexibility index (Phi) is 6.26. The second-order valence-corrected chi connectivity index (χ2v) is 5.31. The summed E-state index contributed by atoms with van der Waals surface area (Å²) in [4.78, 5) is 12.6. The fourth-order valence-electron chi connectivity index (χ4n) is 1.82. The Hall–Kier alpha value is -1.80. The molecule has 0 aliphatic heterocycles. The van der Waals surface area contributed by atoms with Crippen molar-refractivity contribution in [1.82, 2.24) is 0 Å². The number of halogens is 1. The quantitative estimate of drug-likeness (QED) is 0.807. The molecule has 0 saturated heterocycles. The van der Waals surface area contributed by atoms with Crippen LogP contribution in [0.15, 0.2) is 28.7 Å². The van der Waals surface area contributed by atoms with Gasteiger partial charge in [-0.1, -0.05) is 6.07 Å². The topological polar surface area (TPSA) is 64.3 Å². The molecule has 1 N–H and O–H groups in total. The third-order valence-electron chi connectivity index (χ3n) is 2.83. The van der Waals surface area contributed by atoms with E-state index in [0.717, 1.165) is 28.3 Å². The summed E-state index contributed by atoms with van der Waals surface area (Å²) < 4.78 is 0.886. The molecule has 0 radical (unpaired) electrons. The molecule has 1 rings (SSSR count). The van der Waals surface area contributed by atoms with Gasteiger partial charge in [-0.2, -0.15) is 5.26 Å². The summed E-state index contributed by atoms with van der Waals surface area (Å²) in [6, 6.07) is 7.89. The molecule has 0 aromatic heterocycles. The van der Waals surface area contributed by atoms with Gasteiger partial charge in [-0.15, -0.1) is 0 Å². The van der Waals surface area contributed by atoms with E-state index in [9.17, 15) is 4.79 Å². The third kappa shape index (κ3) is 4.71. The van der Waals surface area contributed by atoms with Crippen LogP contribution in [0.2, 0.25) is 0 Å². The minimum absolute atomic E-state index is 0.0477. The van der Waals surface area contributed by atoms with Crippen molar-refractivity contribution in [3.63, 3.8) is 0 Å². The summed E-state index contributed by atoms with van der Waals surface area (Å²) in [5, 5.41) is 17.5. The van der Waals surface area contributed by atoms with Gasteiger partial charge in [-0.25, -0.2) is 4.79 Å². The summed E-state index contributed by atoms with van der Waals surface area (Å²) in [5.74, 6) is -1.02. The SMILES string of the molecule is CCN(CC(C)C#N)c1ccc(/C=C/C(=O)O)cc1Br. The number of rotatable bonds is 6. The number of carbonyl (C=O) groups is 1. The second-order valence-electron chi connectivity index (χ2n) is 4.45. The summed E-state index contributed by atoms with van der Waals surface area (Å²) in [6.07, 6.45) is 2.65. The number of anilines is 1. The van der Waals surface area contributed by atoms with E-state index < -0.39 is 5.97 Å². The number of benzene rings is 1. The molecular weight excluding hydrogens is 320 g/mol. The van der Waals surface area contributed by atoms with E-state index in [4.69, 9.17) is 10.4 Å². The molecule has 20 heavy (non-hydrogen) atoms. The van der Waals surface area contributed by atoms with Gasteiger partial charge in [-0.05, 0) is 53.5 Å². The highest BCUT2D eigenvalue weighted by molar-refractivity contribution is 9.10. The molecule has 1 aromatic carbocycles. The van der Waals surface area contributed by atoms with Crippen molar-refractivity contribution in [3.8, 4) is 6.07 Å². The molecule has 0 saturated carbocycles. The van der Waals surface area contributed by atoms with Crippen molar-refractivity contribution in [2.24, 2.45) is 5.92 Å². The maximum absolute atomic E-state index is 10.5. The predicted molar refractivity (Wildman–Crippen MR) is 83.5 cm³/mol. The summed E-state index contributed by atoms with van der Waals surface area (Å²) in [7, 11) is 0. The van der Waals surface area contributed by atoms with Gasteiger partial charge in [0.2, 0.25) is 0 Å². The molecule has 0 heterocycles. The fraction of sp³-hybridized carbons (Fsp3) is 0.333. The van der Waals surface area contributed by atoms with E-state index in [1.165, 1.54) is 0 Å². The number of carboxylic acids is 1. The molecule has 0 fully saturated rings. The first-order valence-corrected chi connectivity index (χ1v) is 7.12. The van der Waals surface area contributed by atoms with Gasteiger partial charge in [0, 0.05) is 23.6 Å². The average molecular weight is 337 g/mol. The first-order valence-electron chi connectivity index (χ1n) is 6.33. The zero-order chi connectivity index (χ0) is 15.1. The van der Waals surface area contributed by atoms with E-state index >= 15 is 0 Å². The van der Waals surface area contributed by atoms with Crippen LogP contribution < -0.4 is 4.90 Å². The van der Waals surface area contributed by atoms with E-state index in [1.807, 2.05) is 32.0 Å². The van der Waals surface area contributed by atoms with Gasteiger partial charge in [0.15, 0.2) is 0 Å². The highest BCUT2D eigenvalue weighted by atomic mass is 79.9. The van der Waals surface area contributed by atoms with Gasteiger partial charge in [-0.3, -0.25) is 0 Å². The molecule has 0 aliphatic carbocycles. The number of hydrogen-bond acceptors (Lipinski definition) is 3. The predicted octanol–water partition coefficient (Wildman–Crippen LogP) is 3.53. The zero-order valence-electron chi connectivity index (χ0n) is 11.5. The fourth-order valence-corrected chi connectivity index (χ4v) is 2.47. The third-order valence-corrected chi connectivity index (χ3v) is 3.46. The van der Waals surface area contributed by atoms with Crippen molar-refractivity contribution in [2.75, 3.05) is 18.0 Å². The van der Waals surface area contributed by atoms with Gasteiger partial charge in [0.05, 0.1) is 17.7 Å². The lowest BCUT2D eigenvalue weighted by Gasteiger charge is -2.25. The van der Waals surface area contributed by atoms with Crippen molar-refractivity contribution in [1.29, 1.82) is 5.26 Å². The van der Waals surface area contributed by atoms with Crippen molar-refractivity contribution < 1.29 is 9.90 Å². The van der Waals surface area contributed by atoms with E-state index in [2.05, 4.69) is 26.9 Å². The largest absolute Gasteiger partial charge is 0.478 e. The van der Waals surface area contributed by atoms with Crippen molar-refractivity contribution in [2.45, 2.75) is 13.8 Å². The van der Waals surface area contributed by atoms with Crippen LogP contribution in [0.25, 0.3) is 6.08 Å². The summed E-state index contributed by atoms with van der Waals surface area (Å²) in [6.45, 7) is 5.39. The Morgan fingerprint density at radius 2 is 2.30 bits per heavy atom. The lowest BCUT2D eigenvalue weighted by atomic mass is 10.1. The van der Waals surface area contributed by atoms with Gasteiger partial charge in [0.1, 0.15) is 0 Å². The Balaban J connectivity index is 2.96. The van der Waals surface area contributed by atoms with Crippen LogP contribution in [0.1, 0.15) is 19.4 Å². The number of hydrogen-bond donors (Lipinski definition) is 1. The lowest BCUT2D eigenvalue weighted by molar-refractivity contribution is -0.131. The maximum Gasteiger partial charge on any atom is 0.328 e. The molecular formula is C15H17BrN2O2. The highest BCUT2D eigenvalue weighted by Crippen LogP contribution is 2.28. The van der Waals surface area contributed by atoms with Gasteiger partial charge >= 0.3 is 5.97 Å². The number of aliphatic carboxylic acids is 1. The summed E-state index contributed by atoms with van der Waals surface area (Å²) in [5.41, 5.74) is 1.81. The Labute approximate surface area is 127 Å². The average Bonchev–Trinajstić information content (AvgIpc) is 2.42. The standard InChI is InChI=1S/C15H17BrN2O2/c1-3-18(10-11(2)9-17)14-6-4-12(8-13(14)16)5-7-15(19)20/h4-8,11H,3,10H2,1-2H3,(H,19,20)/b7-5+. The Morgan fingerprint density at radius 3 is 2.80 bits per heavy atom. The van der Waals surface area contributed by atoms with Crippen LogP contribution in [-0.4, -0.2) is 24.2 Å². The smallest absolute Gasteiger partial charge is 0.328 e.